The fourth-order valence-corrected chi connectivity index (χ4v) is 8.28. The van der Waals surface area contributed by atoms with Crippen molar-refractivity contribution >= 4 is 29.6 Å². The number of amides is 4. The van der Waals surface area contributed by atoms with Crippen molar-refractivity contribution in [3.63, 3.8) is 0 Å². The highest BCUT2D eigenvalue weighted by molar-refractivity contribution is 5.90. The van der Waals surface area contributed by atoms with Crippen LogP contribution in [-0.4, -0.2) is 133 Å². The van der Waals surface area contributed by atoms with E-state index in [9.17, 15) is 24.0 Å². The van der Waals surface area contributed by atoms with Gasteiger partial charge in [-0.2, -0.15) is 0 Å². The molecule has 2 N–H and O–H groups in total. The number of hydrogen-bond acceptors (Lipinski definition) is 9. The van der Waals surface area contributed by atoms with E-state index < -0.39 is 59.9 Å². The number of ether oxygens (including phenoxy) is 3. The van der Waals surface area contributed by atoms with Gasteiger partial charge in [-0.15, -0.1) is 0 Å². The number of nitrogens with zero attached hydrogens (tertiary/aromatic N) is 3. The number of carbonyl (C=O) groups excluding carboxylic acids is 5. The normalized spacial score (nSPS) is 18.8. The predicted molar refractivity (Wildman–Crippen MR) is 232 cm³/mol. The summed E-state index contributed by atoms with van der Waals surface area (Å²) >= 11 is 0. The zero-order valence-corrected chi connectivity index (χ0v) is 39.2. The van der Waals surface area contributed by atoms with E-state index in [0.717, 1.165) is 18.4 Å². The fourth-order valence-electron chi connectivity index (χ4n) is 8.28. The average Bonchev–Trinajstić information content (AvgIpc) is 3.65. The quantitative estimate of drug-likeness (QED) is 0.145. The van der Waals surface area contributed by atoms with Gasteiger partial charge in [0.1, 0.15) is 17.7 Å². The van der Waals surface area contributed by atoms with Gasteiger partial charge in [0, 0.05) is 40.3 Å². The molecule has 1 fully saturated rings. The van der Waals surface area contributed by atoms with Crippen LogP contribution >= 0.6 is 0 Å². The number of likely N-dealkylation sites (N-methyl/N-ethyl adjacent to an activating group) is 2. The third kappa shape index (κ3) is 14.6. The van der Waals surface area contributed by atoms with Crippen LogP contribution in [0.5, 0.6) is 0 Å². The molecule has 9 atom stereocenters. The number of benzene rings is 1. The van der Waals surface area contributed by atoms with Gasteiger partial charge in [0.15, 0.2) is 0 Å². The Morgan fingerprint density at radius 3 is 1.97 bits per heavy atom. The molecule has 13 heteroatoms. The number of rotatable bonds is 22. The van der Waals surface area contributed by atoms with E-state index in [-0.39, 0.29) is 60.3 Å². The SMILES string of the molecule is CC[C@H](C)[C@@H]([C@@H](CC(=O)N1CCC[C@H]1[C@H](OC)[C@@H](C)C(=O)N[C@@H](Cc1ccccc1)C(=O)OC(C)(C)C)OC)N(C)C(=O)[C@@H](NC(=O)[C@H](C(C)C)N(C)C(C)C)C(C)C. The van der Waals surface area contributed by atoms with Crippen molar-refractivity contribution in [2.24, 2.45) is 23.7 Å². The Morgan fingerprint density at radius 2 is 1.47 bits per heavy atom. The lowest BCUT2D eigenvalue weighted by atomic mass is 9.89. The second-order valence-electron chi connectivity index (χ2n) is 18.6. The largest absolute Gasteiger partial charge is 0.458 e. The van der Waals surface area contributed by atoms with E-state index in [1.54, 1.807) is 51.7 Å². The molecule has 336 valence electrons. The van der Waals surface area contributed by atoms with Gasteiger partial charge in [-0.05, 0) is 77.8 Å². The van der Waals surface area contributed by atoms with Crippen molar-refractivity contribution in [3.05, 3.63) is 35.9 Å². The van der Waals surface area contributed by atoms with Crippen molar-refractivity contribution in [3.8, 4) is 0 Å². The maximum atomic E-state index is 14.4. The monoisotopic (exact) mass is 830 g/mol. The zero-order chi connectivity index (χ0) is 44.9. The minimum absolute atomic E-state index is 0.00173. The van der Waals surface area contributed by atoms with Crippen LogP contribution in [0.2, 0.25) is 0 Å². The summed E-state index contributed by atoms with van der Waals surface area (Å²) in [6.45, 7) is 23.6. The Morgan fingerprint density at radius 1 is 0.864 bits per heavy atom. The number of methoxy groups -OCH3 is 2. The standard InChI is InChI=1S/C46H79N5O8/c1-17-31(8)40(50(14)44(55)38(28(2)3)48-43(54)39(29(4)5)49(13)30(6)7)36(57-15)27-37(52)51-25-21-24-35(51)41(58-16)32(9)42(53)47-34(45(56)59-46(10,11)12)26-33-22-19-18-20-23-33/h18-20,22-23,28-32,34-36,38-41H,17,21,24-27H2,1-16H3,(H,47,53)(H,48,54)/t31-,32+,34-,35-,36+,38-,39-,40-,41+/m0/s1. The minimum atomic E-state index is -0.924. The molecule has 1 aromatic rings. The molecule has 0 saturated carbocycles. The molecular weight excluding hydrogens is 751 g/mol. The molecule has 0 radical (unpaired) electrons. The first-order valence-electron chi connectivity index (χ1n) is 21.7. The first kappa shape index (κ1) is 51.6. The Labute approximate surface area is 356 Å². The van der Waals surface area contributed by atoms with Crippen LogP contribution in [0.3, 0.4) is 0 Å². The summed E-state index contributed by atoms with van der Waals surface area (Å²) < 4.78 is 17.8. The fraction of sp³-hybridized carbons (Fsp3) is 0.761. The lowest BCUT2D eigenvalue weighted by Crippen LogP contribution is -2.60. The molecule has 1 saturated heterocycles. The summed E-state index contributed by atoms with van der Waals surface area (Å²) in [5.41, 5.74) is 0.132. The Bertz CT molecular complexity index is 1500. The van der Waals surface area contributed by atoms with Gasteiger partial charge >= 0.3 is 5.97 Å². The average molecular weight is 830 g/mol. The van der Waals surface area contributed by atoms with Gasteiger partial charge < -0.3 is 34.6 Å². The Kier molecular flexibility index (Phi) is 20.5. The summed E-state index contributed by atoms with van der Waals surface area (Å²) in [7, 11) is 6.76. The van der Waals surface area contributed by atoms with E-state index in [1.165, 1.54) is 7.11 Å². The summed E-state index contributed by atoms with van der Waals surface area (Å²) in [6.07, 6.45) is 1.03. The van der Waals surface area contributed by atoms with Crippen LogP contribution < -0.4 is 10.6 Å². The molecule has 0 bridgehead atoms. The van der Waals surface area contributed by atoms with E-state index in [2.05, 4.69) is 10.6 Å². The summed E-state index contributed by atoms with van der Waals surface area (Å²) in [6, 6.07) is 6.59. The second kappa shape index (κ2) is 23.4. The van der Waals surface area contributed by atoms with Crippen LogP contribution in [0.25, 0.3) is 0 Å². The van der Waals surface area contributed by atoms with Crippen LogP contribution in [0.4, 0.5) is 0 Å². The van der Waals surface area contributed by atoms with Crippen LogP contribution in [0, 0.1) is 23.7 Å². The third-order valence-corrected chi connectivity index (χ3v) is 11.9. The lowest BCUT2D eigenvalue weighted by Gasteiger charge is -2.41. The van der Waals surface area contributed by atoms with Crippen molar-refractivity contribution in [1.29, 1.82) is 0 Å². The molecule has 0 spiro atoms. The molecule has 1 aliphatic rings. The lowest BCUT2D eigenvalue weighted by molar-refractivity contribution is -0.159. The number of nitrogens with one attached hydrogen (secondary N) is 2. The summed E-state index contributed by atoms with van der Waals surface area (Å²) in [5.74, 6) is -2.43. The molecule has 0 unspecified atom stereocenters. The molecular formula is C46H79N5O8. The van der Waals surface area contributed by atoms with Gasteiger partial charge in [0.2, 0.25) is 23.6 Å². The van der Waals surface area contributed by atoms with Gasteiger partial charge in [-0.3, -0.25) is 24.1 Å². The van der Waals surface area contributed by atoms with Gasteiger partial charge in [0.05, 0.1) is 42.7 Å². The van der Waals surface area contributed by atoms with Crippen molar-refractivity contribution in [2.75, 3.05) is 34.9 Å². The first-order chi connectivity index (χ1) is 27.5. The van der Waals surface area contributed by atoms with E-state index >= 15 is 0 Å². The molecule has 13 nitrogen and oxygen atoms in total. The van der Waals surface area contributed by atoms with E-state index in [4.69, 9.17) is 14.2 Å². The zero-order valence-electron chi connectivity index (χ0n) is 39.2. The molecule has 59 heavy (non-hydrogen) atoms. The second-order valence-corrected chi connectivity index (χ2v) is 18.6. The van der Waals surface area contributed by atoms with E-state index in [1.807, 2.05) is 97.7 Å². The van der Waals surface area contributed by atoms with Crippen molar-refractivity contribution in [1.82, 2.24) is 25.3 Å². The molecule has 0 aromatic heterocycles. The minimum Gasteiger partial charge on any atom is -0.458 e. The Hall–Kier alpha value is -3.55. The maximum absolute atomic E-state index is 14.4. The van der Waals surface area contributed by atoms with Gasteiger partial charge in [-0.25, -0.2) is 4.79 Å². The molecule has 4 amide bonds. The summed E-state index contributed by atoms with van der Waals surface area (Å²) in [5, 5.41) is 6.03. The highest BCUT2D eigenvalue weighted by Gasteiger charge is 2.44. The number of likely N-dealkylation sites (tertiary alicyclic amines) is 1. The third-order valence-electron chi connectivity index (χ3n) is 11.9. The molecule has 1 heterocycles. The topological polar surface area (TPSA) is 147 Å². The van der Waals surface area contributed by atoms with Crippen LogP contribution in [0.1, 0.15) is 114 Å². The summed E-state index contributed by atoms with van der Waals surface area (Å²) in [4.78, 5) is 75.3. The highest BCUT2D eigenvalue weighted by Crippen LogP contribution is 2.30. The number of carbonyl (C=O) groups is 5. The van der Waals surface area contributed by atoms with E-state index in [0.29, 0.717) is 13.0 Å². The number of esters is 1. The maximum Gasteiger partial charge on any atom is 0.329 e. The first-order valence-corrected chi connectivity index (χ1v) is 21.7. The highest BCUT2D eigenvalue weighted by atomic mass is 16.6. The van der Waals surface area contributed by atoms with Crippen LogP contribution in [-0.2, 0) is 44.6 Å². The van der Waals surface area contributed by atoms with Crippen LogP contribution in [0.15, 0.2) is 30.3 Å². The van der Waals surface area contributed by atoms with Gasteiger partial charge in [0.25, 0.3) is 0 Å². The number of hydrogen-bond donors (Lipinski definition) is 2. The predicted octanol–water partition coefficient (Wildman–Crippen LogP) is 5.48. The molecule has 0 aliphatic carbocycles. The van der Waals surface area contributed by atoms with Gasteiger partial charge in [-0.1, -0.05) is 85.2 Å². The van der Waals surface area contributed by atoms with Crippen molar-refractivity contribution < 1.29 is 38.2 Å². The molecule has 1 aliphatic heterocycles. The Balaban J connectivity index is 2.33. The molecule has 2 rings (SSSR count). The smallest absolute Gasteiger partial charge is 0.329 e. The molecule has 1 aromatic carbocycles. The van der Waals surface area contributed by atoms with Crippen molar-refractivity contribution in [2.45, 2.75) is 169 Å².